The molecule has 1 aromatic heterocycles. The number of piperazine rings is 1. The van der Waals surface area contributed by atoms with Gasteiger partial charge in [0.2, 0.25) is 11.9 Å². The van der Waals surface area contributed by atoms with Crippen molar-refractivity contribution >= 4 is 35.0 Å². The van der Waals surface area contributed by atoms with Gasteiger partial charge in [0.25, 0.3) is 11.8 Å². The van der Waals surface area contributed by atoms with Crippen LogP contribution in [0.3, 0.4) is 0 Å². The monoisotopic (exact) mass is 687 g/mol. The third-order valence-electron chi connectivity index (χ3n) is 8.75. The van der Waals surface area contributed by atoms with Gasteiger partial charge in [-0.1, -0.05) is 12.1 Å². The van der Waals surface area contributed by atoms with Crippen LogP contribution in [0.1, 0.15) is 39.5 Å². The highest BCUT2D eigenvalue weighted by Crippen LogP contribution is 2.37. The second-order valence-electron chi connectivity index (χ2n) is 12.4. The van der Waals surface area contributed by atoms with Gasteiger partial charge in [0, 0.05) is 81.8 Å². The summed E-state index contributed by atoms with van der Waals surface area (Å²) in [5.41, 5.74) is 2.78. The molecule has 1 saturated heterocycles. The normalized spacial score (nSPS) is 13.8. The molecule has 0 spiro atoms. The van der Waals surface area contributed by atoms with E-state index in [2.05, 4.69) is 30.4 Å². The minimum Gasteiger partial charge on any atom is -0.497 e. The van der Waals surface area contributed by atoms with E-state index in [4.69, 9.17) is 9.47 Å². The maximum atomic E-state index is 14.8. The zero-order valence-electron chi connectivity index (χ0n) is 29.2. The zero-order valence-corrected chi connectivity index (χ0v) is 29.2. The molecule has 0 radical (unpaired) electrons. The van der Waals surface area contributed by atoms with Crippen LogP contribution in [-0.2, 0) is 23.7 Å². The molecule has 4 aromatic rings. The third-order valence-corrected chi connectivity index (χ3v) is 8.75. The van der Waals surface area contributed by atoms with E-state index in [9.17, 15) is 18.4 Å². The number of aryl methyl sites for hydroxylation is 1. The highest BCUT2D eigenvalue weighted by Gasteiger charge is 2.30. The van der Waals surface area contributed by atoms with E-state index in [0.29, 0.717) is 52.3 Å². The van der Waals surface area contributed by atoms with Crippen LogP contribution >= 0.6 is 0 Å². The Kier molecular flexibility index (Phi) is 11.3. The summed E-state index contributed by atoms with van der Waals surface area (Å²) < 4.78 is 40.7. The molecule has 2 amide bonds. The SMILES string of the molecule is CNc1nccc(N(C(=O)Cc2cc(NC(=O)c3ccc(CN4CCN(C)CC4)c(C(C)(F)F)c3)ccc2C)c2ccc(OC)cc2OC)n1. The van der Waals surface area contributed by atoms with Crippen molar-refractivity contribution < 1.29 is 27.8 Å². The molecule has 13 heteroatoms. The quantitative estimate of drug-likeness (QED) is 0.189. The molecule has 0 unspecified atom stereocenters. The third kappa shape index (κ3) is 8.52. The first kappa shape index (κ1) is 36.1. The molecule has 2 N–H and O–H groups in total. The van der Waals surface area contributed by atoms with Gasteiger partial charge in [-0.05, 0) is 67.1 Å². The molecule has 264 valence electrons. The highest BCUT2D eigenvalue weighted by molar-refractivity contribution is 6.05. The van der Waals surface area contributed by atoms with Gasteiger partial charge in [-0.15, -0.1) is 0 Å². The van der Waals surface area contributed by atoms with E-state index in [1.165, 1.54) is 25.2 Å². The van der Waals surface area contributed by atoms with Crippen LogP contribution in [0, 0.1) is 6.92 Å². The van der Waals surface area contributed by atoms with E-state index < -0.39 is 11.8 Å². The lowest BCUT2D eigenvalue weighted by molar-refractivity contribution is -0.117. The summed E-state index contributed by atoms with van der Waals surface area (Å²) in [4.78, 5) is 42.1. The topological polar surface area (TPSA) is 112 Å². The predicted molar refractivity (Wildman–Crippen MR) is 190 cm³/mol. The van der Waals surface area contributed by atoms with Crippen molar-refractivity contribution in [2.75, 3.05) is 70.0 Å². The molecule has 0 saturated carbocycles. The molecule has 1 fully saturated rings. The zero-order chi connectivity index (χ0) is 36.0. The fourth-order valence-corrected chi connectivity index (χ4v) is 5.85. The largest absolute Gasteiger partial charge is 0.497 e. The number of ether oxygens (including phenoxy) is 2. The number of carbonyl (C=O) groups excluding carboxylic acids is 2. The molecular weight excluding hydrogens is 644 g/mol. The van der Waals surface area contributed by atoms with Crippen LogP contribution in [0.25, 0.3) is 0 Å². The number of nitrogens with one attached hydrogen (secondary N) is 2. The second-order valence-corrected chi connectivity index (χ2v) is 12.4. The van der Waals surface area contributed by atoms with Crippen molar-refractivity contribution in [1.82, 2.24) is 19.8 Å². The van der Waals surface area contributed by atoms with Crippen molar-refractivity contribution in [1.29, 1.82) is 0 Å². The lowest BCUT2D eigenvalue weighted by Gasteiger charge is -2.33. The Balaban J connectivity index is 1.40. The van der Waals surface area contributed by atoms with Gasteiger partial charge in [0.05, 0.1) is 26.3 Å². The van der Waals surface area contributed by atoms with E-state index in [1.54, 1.807) is 67.8 Å². The molecular formula is C37H43F2N7O4. The molecule has 2 heterocycles. The Morgan fingerprint density at radius 1 is 0.960 bits per heavy atom. The summed E-state index contributed by atoms with van der Waals surface area (Å²) in [7, 11) is 6.76. The number of anilines is 4. The van der Waals surface area contributed by atoms with Gasteiger partial charge in [0.1, 0.15) is 17.3 Å². The summed E-state index contributed by atoms with van der Waals surface area (Å²) >= 11 is 0. The number of nitrogens with zero attached hydrogens (tertiary/aromatic N) is 5. The van der Waals surface area contributed by atoms with Gasteiger partial charge < -0.3 is 25.0 Å². The minimum atomic E-state index is -3.13. The molecule has 11 nitrogen and oxygen atoms in total. The first-order chi connectivity index (χ1) is 23.9. The summed E-state index contributed by atoms with van der Waals surface area (Å²) in [6, 6.07) is 16.4. The molecule has 50 heavy (non-hydrogen) atoms. The van der Waals surface area contributed by atoms with E-state index >= 15 is 0 Å². The van der Waals surface area contributed by atoms with Gasteiger partial charge in [-0.3, -0.25) is 19.4 Å². The number of amides is 2. The maximum Gasteiger partial charge on any atom is 0.270 e. The van der Waals surface area contributed by atoms with Crippen molar-refractivity contribution in [3.63, 3.8) is 0 Å². The first-order valence-electron chi connectivity index (χ1n) is 16.3. The number of halogens is 2. The van der Waals surface area contributed by atoms with E-state index in [1.807, 2.05) is 14.0 Å². The number of hydrogen-bond donors (Lipinski definition) is 2. The standard InChI is InChI=1S/C37H43F2N7O4/c1-24-7-10-28(42-35(48)25-8-9-26(30(20-25)37(2,38)39)23-45-17-15-44(4)16-18-45)19-27(24)21-34(47)46(33-13-14-41-36(40-3)43-33)31-12-11-29(49-5)22-32(31)50-6/h7-14,19-20,22H,15-18,21,23H2,1-6H3,(H,42,48)(H,40,41,43). The highest BCUT2D eigenvalue weighted by atomic mass is 19.3. The molecule has 1 aliphatic heterocycles. The number of carbonyl (C=O) groups is 2. The van der Waals surface area contributed by atoms with Gasteiger partial charge >= 0.3 is 0 Å². The number of methoxy groups -OCH3 is 2. The van der Waals surface area contributed by atoms with Crippen LogP contribution in [0.5, 0.6) is 11.5 Å². The minimum absolute atomic E-state index is 0.0587. The molecule has 0 aliphatic carbocycles. The Morgan fingerprint density at radius 2 is 1.72 bits per heavy atom. The number of hydrogen-bond acceptors (Lipinski definition) is 9. The fraction of sp³-hybridized carbons (Fsp3) is 0.351. The van der Waals surface area contributed by atoms with Gasteiger partial charge in [0.15, 0.2) is 0 Å². The summed E-state index contributed by atoms with van der Waals surface area (Å²) in [6.45, 7) is 6.41. The average molecular weight is 688 g/mol. The van der Waals surface area contributed by atoms with Gasteiger partial charge in [-0.25, -0.2) is 13.8 Å². The summed E-state index contributed by atoms with van der Waals surface area (Å²) in [5.74, 6) is -2.41. The Bertz CT molecular complexity index is 1840. The molecule has 0 bridgehead atoms. The number of aromatic nitrogens is 2. The van der Waals surface area contributed by atoms with Crippen LogP contribution in [0.2, 0.25) is 0 Å². The second kappa shape index (κ2) is 15.6. The summed E-state index contributed by atoms with van der Waals surface area (Å²) in [6.07, 6.45) is 1.49. The summed E-state index contributed by atoms with van der Waals surface area (Å²) in [5, 5.41) is 5.73. The number of rotatable bonds is 12. The lowest BCUT2D eigenvalue weighted by Crippen LogP contribution is -2.44. The fourth-order valence-electron chi connectivity index (χ4n) is 5.85. The maximum absolute atomic E-state index is 14.8. The van der Waals surface area contributed by atoms with Crippen LogP contribution in [0.15, 0.2) is 66.9 Å². The molecule has 5 rings (SSSR count). The Hall–Kier alpha value is -5.14. The number of benzene rings is 3. The predicted octanol–water partition coefficient (Wildman–Crippen LogP) is 5.86. The van der Waals surface area contributed by atoms with Crippen molar-refractivity contribution in [3.05, 3.63) is 94.7 Å². The van der Waals surface area contributed by atoms with Crippen molar-refractivity contribution in [2.24, 2.45) is 0 Å². The number of likely N-dealkylation sites (N-methyl/N-ethyl adjacent to an activating group) is 1. The number of alkyl halides is 2. The van der Waals surface area contributed by atoms with Crippen LogP contribution in [0.4, 0.5) is 31.9 Å². The molecule has 1 aliphatic rings. The lowest BCUT2D eigenvalue weighted by atomic mass is 9.98. The smallest absolute Gasteiger partial charge is 0.270 e. The first-order valence-corrected chi connectivity index (χ1v) is 16.3. The van der Waals surface area contributed by atoms with Crippen LogP contribution in [-0.4, -0.2) is 86.1 Å². The molecule has 3 aromatic carbocycles. The van der Waals surface area contributed by atoms with Crippen LogP contribution < -0.4 is 25.0 Å². The van der Waals surface area contributed by atoms with Gasteiger partial charge in [-0.2, -0.15) is 4.98 Å². The van der Waals surface area contributed by atoms with E-state index in [0.717, 1.165) is 38.7 Å². The van der Waals surface area contributed by atoms with E-state index in [-0.39, 0.29) is 23.5 Å². The Labute approximate surface area is 291 Å². The molecule has 0 atom stereocenters. The van der Waals surface area contributed by atoms with Crippen molar-refractivity contribution in [3.8, 4) is 11.5 Å². The average Bonchev–Trinajstić information content (AvgIpc) is 3.10. The van der Waals surface area contributed by atoms with Crippen molar-refractivity contribution in [2.45, 2.75) is 32.7 Å². The Morgan fingerprint density at radius 3 is 2.40 bits per heavy atom.